The summed E-state index contributed by atoms with van der Waals surface area (Å²) < 4.78 is 4.62. The standard InChI is InChI=1S/C19H34O2.H2O2/c1-3-4-5-6-7-8-9-10-11-12-13-14-15-16-17-18-19(20)21-2;1-2/h7-8,10-11H,3-6,9,12-18H2,1-2H3;1-2H/p-1/b8-7-,11-10-;. The van der Waals surface area contributed by atoms with Crippen LogP contribution < -0.4 is 5.26 Å². The fraction of sp³-hybridized carbons (Fsp3) is 0.737. The molecule has 0 amide bonds. The number of methoxy groups -OCH3 is 1. The highest BCUT2D eigenvalue weighted by Gasteiger charge is 1.98. The summed E-state index contributed by atoms with van der Waals surface area (Å²) in [4.78, 5) is 10.9. The van der Waals surface area contributed by atoms with Gasteiger partial charge in [-0.25, -0.2) is 0 Å². The summed E-state index contributed by atoms with van der Waals surface area (Å²) in [5.41, 5.74) is 0. The smallest absolute Gasteiger partial charge is 0.305 e. The van der Waals surface area contributed by atoms with Crippen molar-refractivity contribution in [3.8, 4) is 0 Å². The average Bonchev–Trinajstić information content (AvgIpc) is 2.59. The zero-order chi connectivity index (χ0) is 17.6. The van der Waals surface area contributed by atoms with Gasteiger partial charge in [-0.2, -0.15) is 0 Å². The van der Waals surface area contributed by atoms with E-state index in [-0.39, 0.29) is 5.97 Å². The van der Waals surface area contributed by atoms with Gasteiger partial charge in [0.1, 0.15) is 0 Å². The topological polar surface area (TPSA) is 69.6 Å². The second-order valence-corrected chi connectivity index (χ2v) is 5.56. The molecule has 0 aromatic carbocycles. The van der Waals surface area contributed by atoms with Crippen LogP contribution in [0, 0.1) is 0 Å². The van der Waals surface area contributed by atoms with E-state index >= 15 is 0 Å². The lowest BCUT2D eigenvalue weighted by Gasteiger charge is -1.99. The molecule has 0 aromatic heterocycles. The fourth-order valence-electron chi connectivity index (χ4n) is 2.18. The number of hydrogen-bond acceptors (Lipinski definition) is 4. The van der Waals surface area contributed by atoms with Gasteiger partial charge in [0.15, 0.2) is 0 Å². The minimum atomic E-state index is -0.0827. The van der Waals surface area contributed by atoms with E-state index in [0.29, 0.717) is 6.42 Å². The Kier molecular flexibility index (Phi) is 24.3. The molecule has 0 aromatic rings. The maximum Gasteiger partial charge on any atom is 0.305 e. The number of carbonyl (C=O) groups is 1. The van der Waals surface area contributed by atoms with Gasteiger partial charge in [0.05, 0.1) is 7.11 Å². The van der Waals surface area contributed by atoms with E-state index in [0.717, 1.165) is 19.3 Å². The first-order chi connectivity index (χ1) is 11.3. The quantitative estimate of drug-likeness (QED) is 0.164. The van der Waals surface area contributed by atoms with Crippen LogP contribution in [0.3, 0.4) is 0 Å². The molecular weight excluding hydrogens is 292 g/mol. The molecule has 0 aliphatic rings. The lowest BCUT2D eigenvalue weighted by Crippen LogP contribution is -1.98. The molecule has 0 heterocycles. The third-order valence-electron chi connectivity index (χ3n) is 3.56. The van der Waals surface area contributed by atoms with Crippen LogP contribution in [0.15, 0.2) is 24.3 Å². The number of hydrogen-bond donors (Lipinski definition) is 1. The molecule has 4 nitrogen and oxygen atoms in total. The molecule has 0 spiro atoms. The molecule has 4 heteroatoms. The summed E-state index contributed by atoms with van der Waals surface area (Å²) in [6, 6.07) is 0. The Labute approximate surface area is 142 Å². The number of allylic oxidation sites excluding steroid dienone is 4. The SMILES string of the molecule is CCCCC/C=C\C/C=C\CCCCCCCC(=O)OC.[O-]O. The van der Waals surface area contributed by atoms with Crippen molar-refractivity contribution in [3.63, 3.8) is 0 Å². The zero-order valence-electron chi connectivity index (χ0n) is 15.0. The highest BCUT2D eigenvalue weighted by atomic mass is 17.0. The summed E-state index contributed by atoms with van der Waals surface area (Å²) >= 11 is 0. The maximum atomic E-state index is 10.9. The Balaban J connectivity index is 0. The first kappa shape index (κ1) is 24.1. The molecule has 0 fully saturated rings. The second-order valence-electron chi connectivity index (χ2n) is 5.56. The van der Waals surface area contributed by atoms with Crippen molar-refractivity contribution in [2.45, 2.75) is 84.0 Å². The summed E-state index contributed by atoms with van der Waals surface area (Å²) in [5, 5.41) is 13.0. The molecule has 0 aliphatic heterocycles. The molecule has 0 atom stereocenters. The number of rotatable bonds is 14. The van der Waals surface area contributed by atoms with Crippen LogP contribution in [-0.2, 0) is 9.53 Å². The summed E-state index contributed by atoms with van der Waals surface area (Å²) in [6.07, 6.45) is 23.0. The lowest BCUT2D eigenvalue weighted by atomic mass is 10.1. The Morgan fingerprint density at radius 1 is 0.870 bits per heavy atom. The first-order valence-corrected chi connectivity index (χ1v) is 8.86. The van der Waals surface area contributed by atoms with Crippen molar-refractivity contribution in [1.29, 1.82) is 0 Å². The summed E-state index contributed by atoms with van der Waals surface area (Å²) in [7, 11) is 1.45. The predicted molar refractivity (Wildman–Crippen MR) is 94.0 cm³/mol. The number of carbonyl (C=O) groups excluding carboxylic acids is 1. The van der Waals surface area contributed by atoms with Crippen molar-refractivity contribution >= 4 is 5.97 Å². The largest absolute Gasteiger partial charge is 0.727 e. The highest BCUT2D eigenvalue weighted by molar-refractivity contribution is 5.68. The van der Waals surface area contributed by atoms with Gasteiger partial charge in [-0.1, -0.05) is 63.3 Å². The van der Waals surface area contributed by atoms with Crippen LogP contribution in [0.4, 0.5) is 0 Å². The molecule has 0 bridgehead atoms. The van der Waals surface area contributed by atoms with Crippen molar-refractivity contribution in [2.24, 2.45) is 0 Å². The molecule has 0 rings (SSSR count). The van der Waals surface area contributed by atoms with E-state index < -0.39 is 0 Å². The van der Waals surface area contributed by atoms with Crippen molar-refractivity contribution in [2.75, 3.05) is 7.11 Å². The Morgan fingerprint density at radius 2 is 1.39 bits per heavy atom. The third-order valence-corrected chi connectivity index (χ3v) is 3.56. The van der Waals surface area contributed by atoms with E-state index in [1.807, 2.05) is 0 Å². The number of unbranched alkanes of at least 4 members (excludes halogenated alkanes) is 8. The normalized spacial score (nSPS) is 10.8. The zero-order valence-corrected chi connectivity index (χ0v) is 15.0. The van der Waals surface area contributed by atoms with Gasteiger partial charge in [0, 0.05) is 6.42 Å². The molecule has 1 N–H and O–H groups in total. The molecule has 0 radical (unpaired) electrons. The van der Waals surface area contributed by atoms with Crippen molar-refractivity contribution in [3.05, 3.63) is 24.3 Å². The summed E-state index contributed by atoms with van der Waals surface area (Å²) in [6.45, 7) is 2.24. The van der Waals surface area contributed by atoms with E-state index in [2.05, 4.69) is 36.0 Å². The Morgan fingerprint density at radius 3 is 1.96 bits per heavy atom. The maximum absolute atomic E-state index is 10.9. The van der Waals surface area contributed by atoms with Crippen LogP contribution >= 0.6 is 0 Å². The molecular formula is C19H35O4-. The van der Waals surface area contributed by atoms with E-state index in [9.17, 15) is 4.79 Å². The van der Waals surface area contributed by atoms with Gasteiger partial charge in [0.25, 0.3) is 0 Å². The molecule has 0 unspecified atom stereocenters. The van der Waals surface area contributed by atoms with Gasteiger partial charge in [-0.3, -0.25) is 4.79 Å². The molecule has 23 heavy (non-hydrogen) atoms. The summed E-state index contributed by atoms with van der Waals surface area (Å²) in [5.74, 6) is -0.0827. The van der Waals surface area contributed by atoms with Crippen LogP contribution in [0.2, 0.25) is 0 Å². The van der Waals surface area contributed by atoms with Gasteiger partial charge < -0.3 is 15.3 Å². The second kappa shape index (κ2) is 23.1. The predicted octanol–water partition coefficient (Wildman–Crippen LogP) is 4.79. The first-order valence-electron chi connectivity index (χ1n) is 8.86. The Hall–Kier alpha value is -1.13. The van der Waals surface area contributed by atoms with Gasteiger partial charge in [0.2, 0.25) is 0 Å². The van der Waals surface area contributed by atoms with Crippen LogP contribution in [-0.4, -0.2) is 18.3 Å². The van der Waals surface area contributed by atoms with Crippen molar-refractivity contribution < 1.29 is 20.0 Å². The molecule has 0 saturated carbocycles. The van der Waals surface area contributed by atoms with Crippen LogP contribution in [0.1, 0.15) is 84.0 Å². The van der Waals surface area contributed by atoms with Crippen molar-refractivity contribution in [1.82, 2.24) is 0 Å². The molecule has 136 valence electrons. The van der Waals surface area contributed by atoms with E-state index in [1.54, 1.807) is 0 Å². The minimum absolute atomic E-state index is 0.0827. The third kappa shape index (κ3) is 23.3. The van der Waals surface area contributed by atoms with Gasteiger partial charge in [-0.15, -0.1) is 0 Å². The van der Waals surface area contributed by atoms with E-state index in [4.69, 9.17) is 10.5 Å². The van der Waals surface area contributed by atoms with Gasteiger partial charge in [-0.05, 0) is 38.5 Å². The molecule has 0 aliphatic carbocycles. The average molecular weight is 327 g/mol. The molecule has 0 saturated heterocycles. The minimum Gasteiger partial charge on any atom is -0.727 e. The van der Waals surface area contributed by atoms with Gasteiger partial charge >= 0.3 is 5.97 Å². The van der Waals surface area contributed by atoms with Crippen LogP contribution in [0.5, 0.6) is 0 Å². The monoisotopic (exact) mass is 327 g/mol. The number of esters is 1. The Bertz CT molecular complexity index is 285. The highest BCUT2D eigenvalue weighted by Crippen LogP contribution is 2.08. The lowest BCUT2D eigenvalue weighted by molar-refractivity contribution is -0.670. The van der Waals surface area contributed by atoms with Crippen LogP contribution in [0.25, 0.3) is 0 Å². The fourth-order valence-corrected chi connectivity index (χ4v) is 2.18. The number of ether oxygens (including phenoxy) is 1. The van der Waals surface area contributed by atoms with E-state index in [1.165, 1.54) is 58.5 Å².